The predicted octanol–water partition coefficient (Wildman–Crippen LogP) is 2.33. The molecule has 0 spiro atoms. The zero-order valence-corrected chi connectivity index (χ0v) is 15.4. The van der Waals surface area contributed by atoms with Crippen LogP contribution in [0.2, 0.25) is 0 Å². The Balaban J connectivity index is 1.60. The van der Waals surface area contributed by atoms with Crippen molar-refractivity contribution in [3.05, 3.63) is 65.5 Å². The number of rotatable bonds is 4. The van der Waals surface area contributed by atoms with Gasteiger partial charge in [-0.3, -0.25) is 4.79 Å². The van der Waals surface area contributed by atoms with Crippen molar-refractivity contribution in [2.45, 2.75) is 5.75 Å². The van der Waals surface area contributed by atoms with Crippen LogP contribution >= 0.6 is 0 Å². The molecule has 5 nitrogen and oxygen atoms in total. The van der Waals surface area contributed by atoms with E-state index in [2.05, 4.69) is 4.90 Å². The van der Waals surface area contributed by atoms with Crippen LogP contribution in [-0.4, -0.2) is 51.7 Å². The van der Waals surface area contributed by atoms with Crippen LogP contribution in [0.15, 0.2) is 48.5 Å². The molecule has 138 valence electrons. The summed E-state index contributed by atoms with van der Waals surface area (Å²) in [6.45, 7) is 2.54. The number of carbonyl (C=O) groups excluding carboxylic acids is 1. The molecule has 26 heavy (non-hydrogen) atoms. The number of hydrogen-bond acceptors (Lipinski definition) is 4. The van der Waals surface area contributed by atoms with Crippen molar-refractivity contribution < 1.29 is 17.6 Å². The van der Waals surface area contributed by atoms with Crippen LogP contribution in [0.4, 0.5) is 10.1 Å². The summed E-state index contributed by atoms with van der Waals surface area (Å²) in [4.78, 5) is 16.5. The number of benzene rings is 2. The van der Waals surface area contributed by atoms with Gasteiger partial charge in [0.15, 0.2) is 9.84 Å². The first-order valence-electron chi connectivity index (χ1n) is 8.38. The smallest absolute Gasteiger partial charge is 0.253 e. The van der Waals surface area contributed by atoms with E-state index in [4.69, 9.17) is 0 Å². The number of piperazine rings is 1. The van der Waals surface area contributed by atoms with Crippen LogP contribution in [0.25, 0.3) is 0 Å². The molecule has 0 aromatic heterocycles. The highest BCUT2D eigenvalue weighted by Gasteiger charge is 2.22. The Morgan fingerprint density at radius 3 is 2.08 bits per heavy atom. The maximum atomic E-state index is 13.0. The molecule has 0 unspecified atom stereocenters. The summed E-state index contributed by atoms with van der Waals surface area (Å²) in [5.41, 5.74) is 2.17. The number of nitrogens with zero attached hydrogens (tertiary/aromatic N) is 2. The van der Waals surface area contributed by atoms with Crippen molar-refractivity contribution >= 4 is 21.4 Å². The van der Waals surface area contributed by atoms with Crippen LogP contribution in [0.1, 0.15) is 15.9 Å². The normalized spacial score (nSPS) is 15.2. The van der Waals surface area contributed by atoms with Gasteiger partial charge in [-0.25, -0.2) is 12.8 Å². The van der Waals surface area contributed by atoms with Gasteiger partial charge < -0.3 is 9.80 Å². The van der Waals surface area contributed by atoms with Gasteiger partial charge in [0, 0.05) is 43.7 Å². The lowest BCUT2D eigenvalue weighted by atomic mass is 10.1. The number of halogens is 1. The fraction of sp³-hybridized carbons (Fsp3) is 0.316. The Labute approximate surface area is 153 Å². The second-order valence-electron chi connectivity index (χ2n) is 6.52. The van der Waals surface area contributed by atoms with Crippen LogP contribution < -0.4 is 4.90 Å². The molecule has 0 bridgehead atoms. The molecule has 1 amide bonds. The lowest BCUT2D eigenvalue weighted by Crippen LogP contribution is -2.48. The third kappa shape index (κ3) is 4.60. The maximum absolute atomic E-state index is 13.0. The molecule has 1 heterocycles. The quantitative estimate of drug-likeness (QED) is 0.822. The van der Waals surface area contributed by atoms with E-state index in [1.807, 2.05) is 0 Å². The minimum absolute atomic E-state index is 0.0299. The van der Waals surface area contributed by atoms with Crippen molar-refractivity contribution in [3.63, 3.8) is 0 Å². The van der Waals surface area contributed by atoms with Crippen molar-refractivity contribution in [1.29, 1.82) is 0 Å². The first-order chi connectivity index (χ1) is 12.3. The summed E-state index contributed by atoms with van der Waals surface area (Å²) < 4.78 is 35.7. The standard InChI is InChI=1S/C19H21FN2O3S/c1-26(24,25)14-15-2-4-16(5-3-15)19(23)22-12-10-21(11-13-22)18-8-6-17(20)7-9-18/h2-9H,10-14H2,1H3. The molecule has 1 fully saturated rings. The van der Waals surface area contributed by atoms with Crippen LogP contribution in [0, 0.1) is 5.82 Å². The number of hydrogen-bond donors (Lipinski definition) is 0. The summed E-state index contributed by atoms with van der Waals surface area (Å²) in [5, 5.41) is 0. The van der Waals surface area contributed by atoms with Crippen LogP contribution in [0.3, 0.4) is 0 Å². The summed E-state index contributed by atoms with van der Waals surface area (Å²) in [5.74, 6) is -0.353. The van der Waals surface area contributed by atoms with E-state index >= 15 is 0 Å². The number of carbonyl (C=O) groups is 1. The highest BCUT2D eigenvalue weighted by molar-refractivity contribution is 7.89. The number of amides is 1. The van der Waals surface area contributed by atoms with Crippen LogP contribution in [-0.2, 0) is 15.6 Å². The monoisotopic (exact) mass is 376 g/mol. The van der Waals surface area contributed by atoms with E-state index in [1.165, 1.54) is 18.4 Å². The van der Waals surface area contributed by atoms with Crippen molar-refractivity contribution in [2.24, 2.45) is 0 Å². The van der Waals surface area contributed by atoms with Crippen molar-refractivity contribution in [3.8, 4) is 0 Å². The average molecular weight is 376 g/mol. The molecule has 2 aromatic carbocycles. The second kappa shape index (κ2) is 7.45. The third-order valence-corrected chi connectivity index (χ3v) is 5.25. The van der Waals surface area contributed by atoms with Crippen molar-refractivity contribution in [1.82, 2.24) is 4.90 Å². The maximum Gasteiger partial charge on any atom is 0.253 e. The van der Waals surface area contributed by atoms with Gasteiger partial charge in [0.05, 0.1) is 5.75 Å². The number of sulfone groups is 1. The largest absolute Gasteiger partial charge is 0.368 e. The molecular weight excluding hydrogens is 355 g/mol. The van der Waals surface area contributed by atoms with E-state index in [9.17, 15) is 17.6 Å². The Morgan fingerprint density at radius 2 is 1.54 bits per heavy atom. The Kier molecular flexibility index (Phi) is 5.27. The topological polar surface area (TPSA) is 57.7 Å². The van der Waals surface area contributed by atoms with E-state index < -0.39 is 9.84 Å². The van der Waals surface area contributed by atoms with Gasteiger partial charge in [0.2, 0.25) is 0 Å². The molecule has 1 saturated heterocycles. The Hall–Kier alpha value is -2.41. The van der Waals surface area contributed by atoms with Gasteiger partial charge in [0.25, 0.3) is 5.91 Å². The first-order valence-corrected chi connectivity index (χ1v) is 10.4. The van der Waals surface area contributed by atoms with Gasteiger partial charge >= 0.3 is 0 Å². The molecule has 0 saturated carbocycles. The lowest BCUT2D eigenvalue weighted by Gasteiger charge is -2.36. The van der Waals surface area contributed by atoms with Crippen LogP contribution in [0.5, 0.6) is 0 Å². The summed E-state index contributed by atoms with van der Waals surface area (Å²) >= 11 is 0. The van der Waals surface area contributed by atoms with E-state index in [1.54, 1.807) is 41.3 Å². The zero-order valence-electron chi connectivity index (χ0n) is 14.6. The molecule has 0 N–H and O–H groups in total. The highest BCUT2D eigenvalue weighted by Crippen LogP contribution is 2.18. The van der Waals surface area contributed by atoms with Gasteiger partial charge in [0.1, 0.15) is 5.82 Å². The summed E-state index contributed by atoms with van der Waals surface area (Å²) in [6.07, 6.45) is 1.19. The molecule has 1 aliphatic heterocycles. The third-order valence-electron chi connectivity index (χ3n) is 4.39. The molecule has 1 aliphatic rings. The fourth-order valence-corrected chi connectivity index (χ4v) is 3.85. The fourth-order valence-electron chi connectivity index (χ4n) is 3.05. The highest BCUT2D eigenvalue weighted by atomic mass is 32.2. The molecule has 2 aromatic rings. The molecular formula is C19H21FN2O3S. The Morgan fingerprint density at radius 1 is 0.962 bits per heavy atom. The molecule has 7 heteroatoms. The zero-order chi connectivity index (χ0) is 18.7. The van der Waals surface area contributed by atoms with Gasteiger partial charge in [-0.1, -0.05) is 12.1 Å². The van der Waals surface area contributed by atoms with Gasteiger partial charge in [-0.05, 0) is 42.0 Å². The predicted molar refractivity (Wildman–Crippen MR) is 99.5 cm³/mol. The minimum Gasteiger partial charge on any atom is -0.368 e. The average Bonchev–Trinajstić information content (AvgIpc) is 2.61. The molecule has 0 atom stereocenters. The van der Waals surface area contributed by atoms with Gasteiger partial charge in [-0.2, -0.15) is 0 Å². The van der Waals surface area contributed by atoms with Gasteiger partial charge in [-0.15, -0.1) is 0 Å². The lowest BCUT2D eigenvalue weighted by molar-refractivity contribution is 0.0747. The molecule has 3 rings (SSSR count). The molecule has 0 radical (unpaired) electrons. The molecule has 0 aliphatic carbocycles. The van der Waals surface area contributed by atoms with E-state index in [0.29, 0.717) is 37.3 Å². The SMILES string of the molecule is CS(=O)(=O)Cc1ccc(C(=O)N2CCN(c3ccc(F)cc3)CC2)cc1. The number of anilines is 1. The summed E-state index contributed by atoms with van der Waals surface area (Å²) in [6, 6.07) is 13.1. The summed E-state index contributed by atoms with van der Waals surface area (Å²) in [7, 11) is -3.09. The van der Waals surface area contributed by atoms with E-state index in [0.717, 1.165) is 5.69 Å². The Bertz CT molecular complexity index is 872. The minimum atomic E-state index is -3.09. The second-order valence-corrected chi connectivity index (χ2v) is 8.66. The van der Waals surface area contributed by atoms with E-state index in [-0.39, 0.29) is 17.5 Å². The van der Waals surface area contributed by atoms with Crippen molar-refractivity contribution in [2.75, 3.05) is 37.3 Å². The first kappa shape index (κ1) is 18.4.